The lowest BCUT2D eigenvalue weighted by atomic mass is 9.96. The summed E-state index contributed by atoms with van der Waals surface area (Å²) in [6, 6.07) is 96.0. The number of hydrogen-bond donors (Lipinski definition) is 0. The Morgan fingerprint density at radius 3 is 1.09 bits per heavy atom. The fourth-order valence-electron chi connectivity index (χ4n) is 14.2. The van der Waals surface area contributed by atoms with Crippen molar-refractivity contribution in [1.29, 1.82) is 0 Å². The third-order valence-electron chi connectivity index (χ3n) is 18.6. The molecule has 10 heteroatoms. The van der Waals surface area contributed by atoms with E-state index < -0.39 is 0 Å². The van der Waals surface area contributed by atoms with Crippen LogP contribution in [0.25, 0.3) is 211 Å². The van der Waals surface area contributed by atoms with Crippen LogP contribution in [0.5, 0.6) is 0 Å². The number of nitrogens with zero attached hydrogens (tertiary/aromatic N) is 6. The molecule has 10 nitrogen and oxygen atoms in total. The molecule has 20 rings (SSSR count). The highest BCUT2D eigenvalue weighted by molar-refractivity contribution is 6.24. The predicted molar refractivity (Wildman–Crippen MR) is 378 cm³/mol. The van der Waals surface area contributed by atoms with Crippen LogP contribution < -0.4 is 0 Å². The van der Waals surface area contributed by atoms with E-state index in [2.05, 4.69) is 206 Å². The summed E-state index contributed by atoms with van der Waals surface area (Å²) < 4.78 is 26.2. The van der Waals surface area contributed by atoms with Crippen LogP contribution in [0.2, 0.25) is 0 Å². The average molecular weight is 1200 g/mol. The molecular formula is C84H46N6O4. The Morgan fingerprint density at radius 2 is 0.532 bits per heavy atom. The highest BCUT2D eigenvalue weighted by Gasteiger charge is 2.25. The van der Waals surface area contributed by atoms with Crippen LogP contribution in [0.15, 0.2) is 297 Å². The highest BCUT2D eigenvalue weighted by atomic mass is 16.3. The number of para-hydroxylation sites is 3. The molecule has 436 valence electrons. The molecule has 0 atom stereocenters. The first-order valence-corrected chi connectivity index (χ1v) is 31.3. The molecule has 0 fully saturated rings. The second kappa shape index (κ2) is 20.3. The summed E-state index contributed by atoms with van der Waals surface area (Å²) in [5.74, 6) is 3.26. The zero-order valence-electron chi connectivity index (χ0n) is 49.9. The Balaban J connectivity index is 0.685. The Kier molecular flexibility index (Phi) is 11.2. The summed E-state index contributed by atoms with van der Waals surface area (Å²) in [5.41, 5.74) is 15.6. The zero-order valence-corrected chi connectivity index (χ0v) is 49.9. The van der Waals surface area contributed by atoms with Gasteiger partial charge < -0.3 is 17.7 Å². The minimum absolute atomic E-state index is 0.534. The lowest BCUT2D eigenvalue weighted by Crippen LogP contribution is -2.01. The summed E-state index contributed by atoms with van der Waals surface area (Å²) in [5, 5.41) is 14.4. The average Bonchev–Trinajstić information content (AvgIpc) is 1.47. The van der Waals surface area contributed by atoms with Crippen molar-refractivity contribution in [3.05, 3.63) is 279 Å². The largest absolute Gasteiger partial charge is 0.456 e. The van der Waals surface area contributed by atoms with Gasteiger partial charge in [0, 0.05) is 76.5 Å². The summed E-state index contributed by atoms with van der Waals surface area (Å²) in [4.78, 5) is 32.0. The first-order valence-electron chi connectivity index (χ1n) is 31.3. The molecule has 14 aromatic carbocycles. The molecule has 6 aromatic heterocycles. The van der Waals surface area contributed by atoms with Crippen molar-refractivity contribution < 1.29 is 17.7 Å². The van der Waals surface area contributed by atoms with Crippen LogP contribution in [0.3, 0.4) is 0 Å². The molecule has 6 heterocycles. The van der Waals surface area contributed by atoms with E-state index in [0.29, 0.717) is 34.9 Å². The SMILES string of the molecule is c1cc(-c2ccc(-c3ccc4oc5cc(-c6nc(-c7ccc8ccccc8c7)nc(-c7cccc8oc9ccccc9c78)n6)c6ccccc6c5c4c3)cc2)cc(-c2nc(-c3cc4oc5ccccc5c4c4ccccc34)nc(-c3cccc4oc5ccccc5c34)n2)c1. The van der Waals surface area contributed by atoms with Gasteiger partial charge in [0.05, 0.1) is 0 Å². The highest BCUT2D eigenvalue weighted by Crippen LogP contribution is 2.45. The second-order valence-electron chi connectivity index (χ2n) is 24.0. The molecule has 0 aliphatic carbocycles. The molecule has 20 aromatic rings. The Hall–Kier alpha value is -12.9. The molecule has 0 amide bonds. The van der Waals surface area contributed by atoms with Crippen molar-refractivity contribution in [2.45, 2.75) is 0 Å². The number of benzene rings is 14. The number of rotatable bonds is 8. The third-order valence-corrected chi connectivity index (χ3v) is 18.6. The third kappa shape index (κ3) is 8.16. The monoisotopic (exact) mass is 1200 g/mol. The van der Waals surface area contributed by atoms with Gasteiger partial charge in [-0.05, 0) is 121 Å². The van der Waals surface area contributed by atoms with Gasteiger partial charge in [-0.2, -0.15) is 0 Å². The predicted octanol–water partition coefficient (Wildman–Crippen LogP) is 22.4. The van der Waals surface area contributed by atoms with E-state index in [1.807, 2.05) is 72.8 Å². The minimum Gasteiger partial charge on any atom is -0.456 e. The maximum atomic E-state index is 6.85. The van der Waals surface area contributed by atoms with E-state index in [4.69, 9.17) is 47.6 Å². The molecular weight excluding hydrogens is 1160 g/mol. The van der Waals surface area contributed by atoms with E-state index >= 15 is 0 Å². The Labute approximate surface area is 534 Å². The standard InChI is InChI=1S/C84H46N6O4/c1-2-17-50-43-54(39-38-47(50)16-1)80-86-82(63-28-15-33-72-78(63)61-26-9-11-30-68(61)92-72)90-84(88-80)65-46-74-76(58-23-6-4-21-56(58)65)66-44-52(40-41-70(66)94-74)49-36-34-48(35-37-49)51-18-13-19-53(42-51)79-85-81(62-27-14-32-71-77(62)60-25-8-10-29-67(60)91-71)89-83(87-79)64-45-73-75(57-22-5-3-20-55(57)64)59-24-7-12-31-69(59)93-73/h1-46H. The smallest absolute Gasteiger partial charge is 0.164 e. The first kappa shape index (κ1) is 51.9. The molecule has 0 bridgehead atoms. The number of furan rings is 4. The van der Waals surface area contributed by atoms with Crippen LogP contribution in [0.4, 0.5) is 0 Å². The minimum atomic E-state index is 0.534. The zero-order chi connectivity index (χ0) is 61.5. The summed E-state index contributed by atoms with van der Waals surface area (Å²) >= 11 is 0. The molecule has 0 radical (unpaired) electrons. The van der Waals surface area contributed by atoms with Crippen LogP contribution in [-0.2, 0) is 0 Å². The van der Waals surface area contributed by atoms with Crippen LogP contribution in [0.1, 0.15) is 0 Å². The quantitative estimate of drug-likeness (QED) is 0.145. The molecule has 0 saturated carbocycles. The topological polar surface area (TPSA) is 130 Å². The molecule has 0 spiro atoms. The first-order chi connectivity index (χ1) is 46.5. The van der Waals surface area contributed by atoms with Crippen LogP contribution in [-0.4, -0.2) is 29.9 Å². The fraction of sp³-hybridized carbons (Fsp3) is 0. The van der Waals surface area contributed by atoms with E-state index in [1.165, 1.54) is 0 Å². The van der Waals surface area contributed by atoms with E-state index in [9.17, 15) is 0 Å². The second-order valence-corrected chi connectivity index (χ2v) is 24.0. The molecule has 0 saturated heterocycles. The molecule has 0 aliphatic rings. The summed E-state index contributed by atoms with van der Waals surface area (Å²) in [7, 11) is 0. The molecule has 0 N–H and O–H groups in total. The van der Waals surface area contributed by atoms with Gasteiger partial charge in [0.2, 0.25) is 0 Å². The fourth-order valence-corrected chi connectivity index (χ4v) is 14.2. The molecule has 0 aliphatic heterocycles. The van der Waals surface area contributed by atoms with Gasteiger partial charge >= 0.3 is 0 Å². The maximum Gasteiger partial charge on any atom is 0.164 e. The van der Waals surface area contributed by atoms with E-state index in [1.54, 1.807) is 0 Å². The van der Waals surface area contributed by atoms with Crippen molar-refractivity contribution in [2.75, 3.05) is 0 Å². The van der Waals surface area contributed by atoms with Gasteiger partial charge in [-0.15, -0.1) is 0 Å². The van der Waals surface area contributed by atoms with Gasteiger partial charge in [0.25, 0.3) is 0 Å². The Bertz CT molecular complexity index is 6580. The lowest BCUT2D eigenvalue weighted by molar-refractivity contribution is 0.668. The van der Waals surface area contributed by atoms with Crippen LogP contribution >= 0.6 is 0 Å². The van der Waals surface area contributed by atoms with Crippen molar-refractivity contribution in [2.24, 2.45) is 0 Å². The van der Waals surface area contributed by atoms with E-state index in [-0.39, 0.29) is 0 Å². The van der Waals surface area contributed by atoms with E-state index in [0.717, 1.165) is 176 Å². The summed E-state index contributed by atoms with van der Waals surface area (Å²) in [6.07, 6.45) is 0. The lowest BCUT2D eigenvalue weighted by Gasteiger charge is -2.12. The number of aromatic nitrogens is 6. The van der Waals surface area contributed by atoms with Gasteiger partial charge in [0.15, 0.2) is 34.9 Å². The normalized spacial score (nSPS) is 12.0. The van der Waals surface area contributed by atoms with Gasteiger partial charge in [0.1, 0.15) is 44.7 Å². The van der Waals surface area contributed by atoms with Crippen LogP contribution in [0, 0.1) is 0 Å². The number of fused-ring (bicyclic) bond motifs is 17. The van der Waals surface area contributed by atoms with Crippen molar-refractivity contribution in [3.63, 3.8) is 0 Å². The van der Waals surface area contributed by atoms with Gasteiger partial charge in [-0.25, -0.2) is 29.9 Å². The van der Waals surface area contributed by atoms with Gasteiger partial charge in [-0.1, -0.05) is 212 Å². The molecule has 0 unspecified atom stereocenters. The molecule has 94 heavy (non-hydrogen) atoms. The Morgan fingerprint density at radius 1 is 0.170 bits per heavy atom. The number of hydrogen-bond acceptors (Lipinski definition) is 10. The summed E-state index contributed by atoms with van der Waals surface area (Å²) in [6.45, 7) is 0. The maximum absolute atomic E-state index is 6.85. The van der Waals surface area contributed by atoms with Crippen molar-refractivity contribution >= 4 is 120 Å². The van der Waals surface area contributed by atoms with Crippen molar-refractivity contribution in [3.8, 4) is 90.6 Å². The van der Waals surface area contributed by atoms with Gasteiger partial charge in [-0.3, -0.25) is 0 Å². The van der Waals surface area contributed by atoms with Crippen molar-refractivity contribution in [1.82, 2.24) is 29.9 Å².